The first-order chi connectivity index (χ1) is 10.0. The molecule has 1 aromatic rings. The van der Waals surface area contributed by atoms with Crippen LogP contribution < -0.4 is 10.2 Å². The molecule has 1 N–H and O–H groups in total. The lowest BCUT2D eigenvalue weighted by Gasteiger charge is -2.49. The monoisotopic (exact) mass is 286 g/mol. The number of piperazine rings is 1. The molecular formula is C19H30N2. The average Bonchev–Trinajstić information content (AvgIpc) is 3.32. The molecule has 0 spiro atoms. The zero-order chi connectivity index (χ0) is 15.0. The summed E-state index contributed by atoms with van der Waals surface area (Å²) in [5.74, 6) is 1.55. The molecule has 2 fully saturated rings. The molecule has 2 atom stereocenters. The summed E-state index contributed by atoms with van der Waals surface area (Å²) in [5.41, 5.74) is 3.16. The molecule has 2 heteroatoms. The Hall–Kier alpha value is -1.02. The number of benzene rings is 1. The van der Waals surface area contributed by atoms with Gasteiger partial charge in [0, 0.05) is 30.4 Å². The van der Waals surface area contributed by atoms with Crippen molar-refractivity contribution in [2.75, 3.05) is 18.0 Å². The van der Waals surface area contributed by atoms with E-state index in [9.17, 15) is 0 Å². The van der Waals surface area contributed by atoms with Crippen LogP contribution in [0, 0.1) is 11.8 Å². The SMILES string of the molecule is CCc1cccc(N2CC(C)(C3CC3)NCC2C(C)C)c1. The van der Waals surface area contributed by atoms with Crippen LogP contribution >= 0.6 is 0 Å². The van der Waals surface area contributed by atoms with E-state index in [0.29, 0.717) is 17.5 Å². The van der Waals surface area contributed by atoms with Crippen molar-refractivity contribution in [1.82, 2.24) is 5.32 Å². The van der Waals surface area contributed by atoms with Gasteiger partial charge in [-0.3, -0.25) is 0 Å². The molecule has 2 nitrogen and oxygen atoms in total. The molecule has 1 aliphatic carbocycles. The largest absolute Gasteiger partial charge is 0.365 e. The molecule has 1 heterocycles. The Morgan fingerprint density at radius 1 is 1.33 bits per heavy atom. The Bertz CT molecular complexity index is 492. The van der Waals surface area contributed by atoms with E-state index in [1.807, 2.05) is 0 Å². The average molecular weight is 286 g/mol. The Labute approximate surface area is 129 Å². The van der Waals surface area contributed by atoms with Crippen LogP contribution in [-0.4, -0.2) is 24.7 Å². The van der Waals surface area contributed by atoms with Gasteiger partial charge in [-0.05, 0) is 55.7 Å². The van der Waals surface area contributed by atoms with E-state index in [1.54, 1.807) is 0 Å². The van der Waals surface area contributed by atoms with E-state index in [2.05, 4.69) is 62.2 Å². The molecule has 0 bridgehead atoms. The fourth-order valence-corrected chi connectivity index (χ4v) is 3.80. The summed E-state index contributed by atoms with van der Waals surface area (Å²) < 4.78 is 0. The van der Waals surface area contributed by atoms with Gasteiger partial charge in [-0.1, -0.05) is 32.9 Å². The molecule has 0 aromatic heterocycles. The summed E-state index contributed by atoms with van der Waals surface area (Å²) in [6.45, 7) is 11.6. The number of hydrogen-bond donors (Lipinski definition) is 1. The molecule has 1 saturated heterocycles. The number of anilines is 1. The number of nitrogens with one attached hydrogen (secondary N) is 1. The zero-order valence-corrected chi connectivity index (χ0v) is 14.0. The molecule has 3 rings (SSSR count). The van der Waals surface area contributed by atoms with E-state index >= 15 is 0 Å². The maximum Gasteiger partial charge on any atom is 0.0438 e. The minimum atomic E-state index is 0.299. The third kappa shape index (κ3) is 2.96. The van der Waals surface area contributed by atoms with E-state index in [-0.39, 0.29) is 0 Å². The molecule has 0 radical (unpaired) electrons. The minimum absolute atomic E-state index is 0.299. The van der Waals surface area contributed by atoms with Crippen molar-refractivity contribution in [3.05, 3.63) is 29.8 Å². The van der Waals surface area contributed by atoms with Gasteiger partial charge in [-0.15, -0.1) is 0 Å². The first-order valence-electron chi connectivity index (χ1n) is 8.64. The molecule has 0 amide bonds. The van der Waals surface area contributed by atoms with Crippen molar-refractivity contribution in [3.63, 3.8) is 0 Å². The summed E-state index contributed by atoms with van der Waals surface area (Å²) in [6.07, 6.45) is 3.92. The molecule has 2 aliphatic rings. The lowest BCUT2D eigenvalue weighted by Crippen LogP contribution is -2.65. The molecule has 1 aliphatic heterocycles. The highest BCUT2D eigenvalue weighted by molar-refractivity contribution is 5.51. The number of hydrogen-bond acceptors (Lipinski definition) is 2. The lowest BCUT2D eigenvalue weighted by molar-refractivity contribution is 0.233. The number of aryl methyl sites for hydroxylation is 1. The highest BCUT2D eigenvalue weighted by Gasteiger charge is 2.46. The zero-order valence-electron chi connectivity index (χ0n) is 14.0. The topological polar surface area (TPSA) is 15.3 Å². The predicted octanol–water partition coefficient (Wildman–Crippen LogP) is 3.85. The van der Waals surface area contributed by atoms with Crippen LogP contribution in [0.5, 0.6) is 0 Å². The minimum Gasteiger partial charge on any atom is -0.365 e. The smallest absolute Gasteiger partial charge is 0.0438 e. The van der Waals surface area contributed by atoms with Crippen LogP contribution in [0.25, 0.3) is 0 Å². The second-order valence-corrected chi connectivity index (χ2v) is 7.54. The number of nitrogens with zero attached hydrogens (tertiary/aromatic N) is 1. The predicted molar refractivity (Wildman–Crippen MR) is 90.9 cm³/mol. The number of rotatable bonds is 4. The lowest BCUT2D eigenvalue weighted by atomic mass is 9.87. The van der Waals surface area contributed by atoms with Crippen molar-refractivity contribution >= 4 is 5.69 Å². The summed E-state index contributed by atoms with van der Waals surface area (Å²) >= 11 is 0. The maximum absolute atomic E-state index is 3.88. The molecule has 1 aromatic carbocycles. The van der Waals surface area contributed by atoms with Gasteiger partial charge in [-0.25, -0.2) is 0 Å². The first-order valence-corrected chi connectivity index (χ1v) is 8.64. The van der Waals surface area contributed by atoms with Crippen LogP contribution in [-0.2, 0) is 6.42 Å². The van der Waals surface area contributed by atoms with Crippen LogP contribution in [0.1, 0.15) is 46.1 Å². The molecule has 1 saturated carbocycles. The van der Waals surface area contributed by atoms with Crippen LogP contribution in [0.4, 0.5) is 5.69 Å². The molecular weight excluding hydrogens is 256 g/mol. The van der Waals surface area contributed by atoms with Gasteiger partial charge in [0.05, 0.1) is 0 Å². The third-order valence-corrected chi connectivity index (χ3v) is 5.51. The second kappa shape index (κ2) is 5.64. The van der Waals surface area contributed by atoms with Crippen LogP contribution in [0.2, 0.25) is 0 Å². The van der Waals surface area contributed by atoms with Gasteiger partial charge in [0.15, 0.2) is 0 Å². The maximum atomic E-state index is 3.88. The van der Waals surface area contributed by atoms with Crippen LogP contribution in [0.3, 0.4) is 0 Å². The Balaban J connectivity index is 1.89. The molecule has 116 valence electrons. The standard InChI is InChI=1S/C19H30N2/c1-5-15-7-6-8-17(11-15)21-13-19(4,16-9-10-16)20-12-18(21)14(2)3/h6-8,11,14,16,18,20H,5,9-10,12-13H2,1-4H3. The van der Waals surface area contributed by atoms with E-state index in [1.165, 1.54) is 24.1 Å². The fraction of sp³-hybridized carbons (Fsp3) is 0.684. The summed E-state index contributed by atoms with van der Waals surface area (Å²) in [4.78, 5) is 2.68. The quantitative estimate of drug-likeness (QED) is 0.904. The van der Waals surface area contributed by atoms with E-state index < -0.39 is 0 Å². The third-order valence-electron chi connectivity index (χ3n) is 5.51. The summed E-state index contributed by atoms with van der Waals surface area (Å²) in [7, 11) is 0. The highest BCUT2D eigenvalue weighted by atomic mass is 15.3. The normalized spacial score (nSPS) is 30.0. The van der Waals surface area contributed by atoms with Gasteiger partial charge in [-0.2, -0.15) is 0 Å². The fourth-order valence-electron chi connectivity index (χ4n) is 3.80. The summed E-state index contributed by atoms with van der Waals surface area (Å²) in [5, 5.41) is 3.88. The van der Waals surface area contributed by atoms with Gasteiger partial charge >= 0.3 is 0 Å². The first kappa shape index (κ1) is 14.9. The summed E-state index contributed by atoms with van der Waals surface area (Å²) in [6, 6.07) is 9.77. The van der Waals surface area contributed by atoms with Crippen molar-refractivity contribution in [2.24, 2.45) is 11.8 Å². The van der Waals surface area contributed by atoms with E-state index in [4.69, 9.17) is 0 Å². The second-order valence-electron chi connectivity index (χ2n) is 7.54. The van der Waals surface area contributed by atoms with Gasteiger partial charge in [0.1, 0.15) is 0 Å². The van der Waals surface area contributed by atoms with Crippen molar-refractivity contribution < 1.29 is 0 Å². The Kier molecular flexibility index (Phi) is 4.00. The van der Waals surface area contributed by atoms with Crippen molar-refractivity contribution in [2.45, 2.75) is 58.5 Å². The van der Waals surface area contributed by atoms with Gasteiger partial charge in [0.2, 0.25) is 0 Å². The van der Waals surface area contributed by atoms with E-state index in [0.717, 1.165) is 25.4 Å². The highest BCUT2D eigenvalue weighted by Crippen LogP contribution is 2.42. The molecule has 2 unspecified atom stereocenters. The molecule has 21 heavy (non-hydrogen) atoms. The van der Waals surface area contributed by atoms with Crippen LogP contribution in [0.15, 0.2) is 24.3 Å². The van der Waals surface area contributed by atoms with Gasteiger partial charge in [0.25, 0.3) is 0 Å². The Morgan fingerprint density at radius 3 is 2.71 bits per heavy atom. The Morgan fingerprint density at radius 2 is 2.10 bits per heavy atom. The van der Waals surface area contributed by atoms with Gasteiger partial charge < -0.3 is 10.2 Å². The van der Waals surface area contributed by atoms with Crippen molar-refractivity contribution in [1.29, 1.82) is 0 Å². The van der Waals surface area contributed by atoms with Crippen molar-refractivity contribution in [3.8, 4) is 0 Å².